The maximum Gasteiger partial charge on any atom is 0.289 e. The van der Waals surface area contributed by atoms with Crippen molar-refractivity contribution in [2.75, 3.05) is 26.7 Å². The van der Waals surface area contributed by atoms with Crippen LogP contribution in [0.25, 0.3) is 0 Å². The molecular weight excluding hydrogens is 331 g/mol. The van der Waals surface area contributed by atoms with E-state index in [1.165, 1.54) is 18.9 Å². The molecule has 3 N–H and O–H groups in total. The molecule has 0 bridgehead atoms. The van der Waals surface area contributed by atoms with Gasteiger partial charge in [0.15, 0.2) is 0 Å². The SMILES string of the molecule is CNC(=O)C(=O)CNC(=O)C1CC(C)(F)CCN1C(=O)CNC(C)C. The second-order valence-electron chi connectivity index (χ2n) is 6.73. The fourth-order valence-electron chi connectivity index (χ4n) is 2.56. The molecular formula is C16H27FN4O4. The number of carbonyl (C=O) groups excluding carboxylic acids is 4. The van der Waals surface area contributed by atoms with E-state index in [9.17, 15) is 23.6 Å². The molecule has 1 saturated heterocycles. The second kappa shape index (κ2) is 8.89. The Morgan fingerprint density at radius 3 is 2.44 bits per heavy atom. The number of Topliss-reactive ketones (excluding diaryl/α,β-unsaturated/α-hetero) is 1. The fourth-order valence-corrected chi connectivity index (χ4v) is 2.56. The van der Waals surface area contributed by atoms with Crippen LogP contribution < -0.4 is 16.0 Å². The zero-order chi connectivity index (χ0) is 19.2. The first kappa shape index (κ1) is 21.0. The number of likely N-dealkylation sites (tertiary alicyclic amines) is 1. The molecule has 0 saturated carbocycles. The molecule has 25 heavy (non-hydrogen) atoms. The van der Waals surface area contributed by atoms with Crippen LogP contribution in [0, 0.1) is 0 Å². The molecule has 1 fully saturated rings. The van der Waals surface area contributed by atoms with Gasteiger partial charge in [0.25, 0.3) is 5.91 Å². The first-order chi connectivity index (χ1) is 11.6. The molecule has 1 aliphatic heterocycles. The van der Waals surface area contributed by atoms with Gasteiger partial charge in [-0.05, 0) is 13.3 Å². The molecule has 9 heteroatoms. The van der Waals surface area contributed by atoms with Crippen LogP contribution in [0.1, 0.15) is 33.6 Å². The summed E-state index contributed by atoms with van der Waals surface area (Å²) in [5, 5.41) is 7.46. The van der Waals surface area contributed by atoms with E-state index in [4.69, 9.17) is 0 Å². The number of ketones is 1. The number of piperidine rings is 1. The minimum Gasteiger partial charge on any atom is -0.353 e. The number of alkyl halides is 1. The Bertz CT molecular complexity index is 536. The summed E-state index contributed by atoms with van der Waals surface area (Å²) in [4.78, 5) is 48.7. The molecule has 142 valence electrons. The Balaban J connectivity index is 2.76. The highest BCUT2D eigenvalue weighted by Gasteiger charge is 2.42. The summed E-state index contributed by atoms with van der Waals surface area (Å²) in [7, 11) is 1.31. The predicted octanol–water partition coefficient (Wildman–Crippen LogP) is -0.865. The highest BCUT2D eigenvalue weighted by atomic mass is 19.1. The molecule has 1 rings (SSSR count). The maximum atomic E-state index is 14.3. The molecule has 2 atom stereocenters. The lowest BCUT2D eigenvalue weighted by atomic mass is 9.89. The van der Waals surface area contributed by atoms with Gasteiger partial charge in [0.2, 0.25) is 17.6 Å². The van der Waals surface area contributed by atoms with Gasteiger partial charge in [-0.1, -0.05) is 13.8 Å². The molecule has 0 aromatic rings. The number of likely N-dealkylation sites (N-methyl/N-ethyl adjacent to an activating group) is 1. The highest BCUT2D eigenvalue weighted by Crippen LogP contribution is 2.30. The van der Waals surface area contributed by atoms with Crippen molar-refractivity contribution in [1.82, 2.24) is 20.9 Å². The number of halogens is 1. The zero-order valence-electron chi connectivity index (χ0n) is 15.1. The third-order valence-electron chi connectivity index (χ3n) is 4.06. The van der Waals surface area contributed by atoms with Crippen molar-refractivity contribution in [2.45, 2.75) is 51.4 Å². The summed E-state index contributed by atoms with van der Waals surface area (Å²) in [6, 6.07) is -0.916. The first-order valence-electron chi connectivity index (χ1n) is 8.32. The number of hydrogen-bond donors (Lipinski definition) is 3. The summed E-state index contributed by atoms with van der Waals surface area (Å²) in [6.45, 7) is 4.82. The molecule has 0 aliphatic carbocycles. The monoisotopic (exact) mass is 358 g/mol. The molecule has 0 spiro atoms. The van der Waals surface area contributed by atoms with Crippen LogP contribution in [0.5, 0.6) is 0 Å². The summed E-state index contributed by atoms with van der Waals surface area (Å²) >= 11 is 0. The zero-order valence-corrected chi connectivity index (χ0v) is 15.1. The summed E-state index contributed by atoms with van der Waals surface area (Å²) in [6.07, 6.45) is -0.0121. The van der Waals surface area contributed by atoms with Gasteiger partial charge in [0.05, 0.1) is 13.1 Å². The molecule has 1 aliphatic rings. The van der Waals surface area contributed by atoms with Crippen LogP contribution in [0.15, 0.2) is 0 Å². The average Bonchev–Trinajstić information content (AvgIpc) is 2.55. The van der Waals surface area contributed by atoms with Crippen LogP contribution in [0.4, 0.5) is 4.39 Å². The number of rotatable bonds is 7. The number of hydrogen-bond acceptors (Lipinski definition) is 5. The van der Waals surface area contributed by atoms with E-state index in [-0.39, 0.29) is 37.9 Å². The van der Waals surface area contributed by atoms with E-state index in [0.29, 0.717) is 0 Å². The van der Waals surface area contributed by atoms with Crippen LogP contribution in [-0.4, -0.2) is 72.8 Å². The fraction of sp³-hybridized carbons (Fsp3) is 0.750. The Kier molecular flexibility index (Phi) is 7.47. The van der Waals surface area contributed by atoms with Gasteiger partial charge in [0.1, 0.15) is 11.7 Å². The number of carbonyl (C=O) groups is 4. The van der Waals surface area contributed by atoms with E-state index in [0.717, 1.165) is 0 Å². The van der Waals surface area contributed by atoms with Crippen LogP contribution in [-0.2, 0) is 19.2 Å². The van der Waals surface area contributed by atoms with Crippen LogP contribution >= 0.6 is 0 Å². The predicted molar refractivity (Wildman–Crippen MR) is 89.5 cm³/mol. The third kappa shape index (κ3) is 6.41. The van der Waals surface area contributed by atoms with E-state index < -0.39 is 35.9 Å². The lowest BCUT2D eigenvalue weighted by Crippen LogP contribution is -2.58. The van der Waals surface area contributed by atoms with Crippen molar-refractivity contribution in [3.05, 3.63) is 0 Å². The smallest absolute Gasteiger partial charge is 0.289 e. The standard InChI is InChI=1S/C16H27FN4O4/c1-10(2)19-9-13(23)21-6-5-16(3,17)7-11(21)14(24)20-8-12(22)15(25)18-4/h10-11,19H,5-9H2,1-4H3,(H,18,25)(H,20,24). The summed E-state index contributed by atoms with van der Waals surface area (Å²) in [5.74, 6) is -2.58. The molecule has 1 heterocycles. The lowest BCUT2D eigenvalue weighted by Gasteiger charge is -2.40. The Hall–Kier alpha value is -2.03. The van der Waals surface area contributed by atoms with Crippen LogP contribution in [0.2, 0.25) is 0 Å². The normalized spacial score (nSPS) is 23.3. The van der Waals surface area contributed by atoms with Crippen molar-refractivity contribution in [1.29, 1.82) is 0 Å². The summed E-state index contributed by atoms with van der Waals surface area (Å²) in [5.41, 5.74) is -1.57. The van der Waals surface area contributed by atoms with E-state index >= 15 is 0 Å². The Morgan fingerprint density at radius 1 is 1.24 bits per heavy atom. The Labute approximate surface area is 146 Å². The van der Waals surface area contributed by atoms with Gasteiger partial charge in [-0.15, -0.1) is 0 Å². The van der Waals surface area contributed by atoms with Gasteiger partial charge in [-0.3, -0.25) is 19.2 Å². The second-order valence-corrected chi connectivity index (χ2v) is 6.73. The first-order valence-corrected chi connectivity index (χ1v) is 8.32. The molecule has 0 aromatic carbocycles. The molecule has 8 nitrogen and oxygen atoms in total. The molecule has 2 unspecified atom stereocenters. The highest BCUT2D eigenvalue weighted by molar-refractivity contribution is 6.37. The topological polar surface area (TPSA) is 108 Å². The molecule has 0 aromatic heterocycles. The van der Waals surface area contributed by atoms with Crippen molar-refractivity contribution in [3.8, 4) is 0 Å². The van der Waals surface area contributed by atoms with Crippen LogP contribution in [0.3, 0.4) is 0 Å². The number of nitrogens with zero attached hydrogens (tertiary/aromatic N) is 1. The molecule has 0 radical (unpaired) electrons. The minimum absolute atomic E-state index is 0.0433. The molecule has 3 amide bonds. The van der Waals surface area contributed by atoms with Gasteiger partial charge in [0, 0.05) is 26.1 Å². The lowest BCUT2D eigenvalue weighted by molar-refractivity contribution is -0.145. The minimum atomic E-state index is -1.57. The number of amides is 3. The largest absolute Gasteiger partial charge is 0.353 e. The van der Waals surface area contributed by atoms with Gasteiger partial charge < -0.3 is 20.9 Å². The Morgan fingerprint density at radius 2 is 1.88 bits per heavy atom. The van der Waals surface area contributed by atoms with Crippen molar-refractivity contribution < 1.29 is 23.6 Å². The van der Waals surface area contributed by atoms with Crippen molar-refractivity contribution >= 4 is 23.5 Å². The van der Waals surface area contributed by atoms with Gasteiger partial charge in [-0.2, -0.15) is 0 Å². The quantitative estimate of drug-likeness (QED) is 0.513. The summed E-state index contributed by atoms with van der Waals surface area (Å²) < 4.78 is 14.3. The van der Waals surface area contributed by atoms with Crippen molar-refractivity contribution in [3.63, 3.8) is 0 Å². The van der Waals surface area contributed by atoms with Gasteiger partial charge in [-0.25, -0.2) is 4.39 Å². The third-order valence-corrected chi connectivity index (χ3v) is 4.06. The van der Waals surface area contributed by atoms with E-state index in [2.05, 4.69) is 16.0 Å². The maximum absolute atomic E-state index is 14.3. The number of nitrogens with one attached hydrogen (secondary N) is 3. The van der Waals surface area contributed by atoms with Crippen molar-refractivity contribution in [2.24, 2.45) is 0 Å². The average molecular weight is 358 g/mol. The van der Waals surface area contributed by atoms with Gasteiger partial charge >= 0.3 is 0 Å². The van der Waals surface area contributed by atoms with E-state index in [1.807, 2.05) is 13.8 Å². The van der Waals surface area contributed by atoms with E-state index in [1.54, 1.807) is 0 Å².